The van der Waals surface area contributed by atoms with Gasteiger partial charge in [-0.05, 0) is 31.4 Å². The molecule has 1 unspecified atom stereocenters. The van der Waals surface area contributed by atoms with Crippen molar-refractivity contribution >= 4 is 11.3 Å². The molecule has 84 valence electrons. The highest BCUT2D eigenvalue weighted by Crippen LogP contribution is 2.10. The molecule has 0 fully saturated rings. The first-order valence-electron chi connectivity index (χ1n) is 5.37. The molecule has 0 radical (unpaired) electrons. The number of hydrogen-bond donors (Lipinski definition) is 1. The lowest BCUT2D eigenvalue weighted by atomic mass is 10.1. The third-order valence-corrected chi connectivity index (χ3v) is 3.25. The smallest absolute Gasteiger partial charge is 0.0794 e. The minimum atomic E-state index is 0.197. The van der Waals surface area contributed by atoms with Gasteiger partial charge < -0.3 is 5.73 Å². The molecule has 0 aliphatic rings. The van der Waals surface area contributed by atoms with Crippen molar-refractivity contribution < 1.29 is 0 Å². The molecule has 0 spiro atoms. The fourth-order valence-corrected chi connectivity index (χ4v) is 2.27. The highest BCUT2D eigenvalue weighted by Gasteiger charge is 2.06. The van der Waals surface area contributed by atoms with Crippen molar-refractivity contribution in [3.05, 3.63) is 46.7 Å². The Morgan fingerprint density at radius 3 is 3.00 bits per heavy atom. The van der Waals surface area contributed by atoms with Gasteiger partial charge in [0.2, 0.25) is 0 Å². The largest absolute Gasteiger partial charge is 0.327 e. The number of aromatic nitrogens is 2. The zero-order valence-corrected chi connectivity index (χ0v) is 9.86. The van der Waals surface area contributed by atoms with Crippen LogP contribution in [0.1, 0.15) is 17.0 Å². The van der Waals surface area contributed by atoms with E-state index in [4.69, 9.17) is 5.73 Å². The third-order valence-electron chi connectivity index (χ3n) is 2.44. The molecule has 0 aromatic carbocycles. The molecule has 16 heavy (non-hydrogen) atoms. The normalized spacial score (nSPS) is 12.6. The van der Waals surface area contributed by atoms with E-state index in [-0.39, 0.29) is 6.04 Å². The Labute approximate surface area is 99.4 Å². The van der Waals surface area contributed by atoms with Gasteiger partial charge in [0.1, 0.15) is 0 Å². The predicted octanol–water partition coefficient (Wildman–Crippen LogP) is 2.04. The first kappa shape index (κ1) is 11.2. The molecule has 2 aromatic rings. The molecule has 0 saturated heterocycles. The minimum absolute atomic E-state index is 0.197. The van der Waals surface area contributed by atoms with Crippen molar-refractivity contribution in [2.75, 3.05) is 0 Å². The Kier molecular flexibility index (Phi) is 4.02. The fraction of sp³-hybridized carbons (Fsp3) is 0.333. The molecular weight excluding hydrogens is 218 g/mol. The molecule has 0 amide bonds. The topological polar surface area (TPSA) is 51.8 Å². The van der Waals surface area contributed by atoms with Crippen molar-refractivity contribution in [2.45, 2.75) is 25.3 Å². The van der Waals surface area contributed by atoms with E-state index in [9.17, 15) is 0 Å². The summed E-state index contributed by atoms with van der Waals surface area (Å²) < 4.78 is 0. The van der Waals surface area contributed by atoms with Crippen LogP contribution in [0.5, 0.6) is 0 Å². The predicted molar refractivity (Wildman–Crippen MR) is 66.4 cm³/mol. The Morgan fingerprint density at radius 2 is 2.31 bits per heavy atom. The second-order valence-electron chi connectivity index (χ2n) is 3.79. The summed E-state index contributed by atoms with van der Waals surface area (Å²) in [5, 5.41) is 0. The van der Waals surface area contributed by atoms with Gasteiger partial charge in [0.15, 0.2) is 0 Å². The molecule has 2 rings (SSSR count). The number of thiazole rings is 1. The summed E-state index contributed by atoms with van der Waals surface area (Å²) in [6.07, 6.45) is 6.54. The Balaban J connectivity index is 1.78. The molecule has 4 heteroatoms. The lowest BCUT2D eigenvalue weighted by molar-refractivity contribution is 0.609. The van der Waals surface area contributed by atoms with Gasteiger partial charge in [-0.25, -0.2) is 0 Å². The second kappa shape index (κ2) is 5.72. The number of rotatable bonds is 5. The van der Waals surface area contributed by atoms with Gasteiger partial charge in [-0.15, -0.1) is 11.3 Å². The van der Waals surface area contributed by atoms with Crippen LogP contribution in [0.4, 0.5) is 0 Å². The van der Waals surface area contributed by atoms with E-state index < -0.39 is 0 Å². The summed E-state index contributed by atoms with van der Waals surface area (Å²) in [4.78, 5) is 9.58. The Morgan fingerprint density at radius 1 is 1.38 bits per heavy atom. The van der Waals surface area contributed by atoms with E-state index in [1.54, 1.807) is 11.3 Å². The summed E-state index contributed by atoms with van der Waals surface area (Å²) in [5.41, 5.74) is 9.03. The third kappa shape index (κ3) is 3.40. The lowest BCUT2D eigenvalue weighted by Crippen LogP contribution is -2.23. The van der Waals surface area contributed by atoms with Crippen molar-refractivity contribution in [3.8, 4) is 0 Å². The van der Waals surface area contributed by atoms with Crippen LogP contribution in [0, 0.1) is 0 Å². The first-order valence-corrected chi connectivity index (χ1v) is 6.25. The minimum Gasteiger partial charge on any atom is -0.327 e. The summed E-state index contributed by atoms with van der Waals surface area (Å²) in [5.74, 6) is 0. The molecule has 2 N–H and O–H groups in total. The SMILES string of the molecule is NC(CCc1ccccn1)Cc1cncs1. The maximum Gasteiger partial charge on any atom is 0.0794 e. The molecule has 3 nitrogen and oxygen atoms in total. The highest BCUT2D eigenvalue weighted by atomic mass is 32.1. The molecule has 2 aromatic heterocycles. The number of nitrogens with two attached hydrogens (primary N) is 1. The maximum absolute atomic E-state index is 6.06. The van der Waals surface area contributed by atoms with Crippen LogP contribution < -0.4 is 5.73 Å². The second-order valence-corrected chi connectivity index (χ2v) is 4.76. The van der Waals surface area contributed by atoms with E-state index in [1.165, 1.54) is 4.88 Å². The summed E-state index contributed by atoms with van der Waals surface area (Å²) in [6.45, 7) is 0. The van der Waals surface area contributed by atoms with Crippen LogP contribution in [0.15, 0.2) is 36.1 Å². The van der Waals surface area contributed by atoms with Gasteiger partial charge in [-0.1, -0.05) is 6.07 Å². The molecule has 0 aliphatic carbocycles. The average molecular weight is 233 g/mol. The van der Waals surface area contributed by atoms with Crippen LogP contribution in [0.2, 0.25) is 0 Å². The van der Waals surface area contributed by atoms with Crippen LogP contribution in [-0.2, 0) is 12.8 Å². The highest BCUT2D eigenvalue weighted by molar-refractivity contribution is 7.09. The zero-order chi connectivity index (χ0) is 11.2. The number of aryl methyl sites for hydroxylation is 1. The Bertz CT molecular complexity index is 399. The summed E-state index contributed by atoms with van der Waals surface area (Å²) >= 11 is 1.67. The zero-order valence-electron chi connectivity index (χ0n) is 9.04. The molecule has 0 aliphatic heterocycles. The van der Waals surface area contributed by atoms with Gasteiger partial charge in [0, 0.05) is 29.0 Å². The fourth-order valence-electron chi connectivity index (χ4n) is 1.58. The number of nitrogens with zero attached hydrogens (tertiary/aromatic N) is 2. The van der Waals surface area contributed by atoms with Gasteiger partial charge in [0.25, 0.3) is 0 Å². The molecule has 0 saturated carbocycles. The van der Waals surface area contributed by atoms with Crippen molar-refractivity contribution in [2.24, 2.45) is 5.73 Å². The Hall–Kier alpha value is -1.26. The van der Waals surface area contributed by atoms with Crippen LogP contribution in [0.25, 0.3) is 0 Å². The van der Waals surface area contributed by atoms with E-state index in [2.05, 4.69) is 9.97 Å². The summed E-state index contributed by atoms with van der Waals surface area (Å²) in [6, 6.07) is 6.18. The molecule has 1 atom stereocenters. The number of pyridine rings is 1. The van der Waals surface area contributed by atoms with Crippen molar-refractivity contribution in [3.63, 3.8) is 0 Å². The maximum atomic E-state index is 6.06. The average Bonchev–Trinajstić information content (AvgIpc) is 2.81. The van der Waals surface area contributed by atoms with E-state index in [0.717, 1.165) is 25.0 Å². The van der Waals surface area contributed by atoms with Crippen LogP contribution in [0.3, 0.4) is 0 Å². The van der Waals surface area contributed by atoms with E-state index in [1.807, 2.05) is 36.1 Å². The molecule has 0 bridgehead atoms. The monoisotopic (exact) mass is 233 g/mol. The molecular formula is C12H15N3S. The lowest BCUT2D eigenvalue weighted by Gasteiger charge is -2.09. The van der Waals surface area contributed by atoms with Gasteiger partial charge >= 0.3 is 0 Å². The van der Waals surface area contributed by atoms with Gasteiger partial charge in [0.05, 0.1) is 5.51 Å². The van der Waals surface area contributed by atoms with Crippen LogP contribution >= 0.6 is 11.3 Å². The first-order chi connectivity index (χ1) is 7.84. The van der Waals surface area contributed by atoms with Crippen molar-refractivity contribution in [1.82, 2.24) is 9.97 Å². The van der Waals surface area contributed by atoms with Gasteiger partial charge in [-0.2, -0.15) is 0 Å². The number of hydrogen-bond acceptors (Lipinski definition) is 4. The van der Waals surface area contributed by atoms with Crippen LogP contribution in [-0.4, -0.2) is 16.0 Å². The summed E-state index contributed by atoms with van der Waals surface area (Å²) in [7, 11) is 0. The standard InChI is InChI=1S/C12H15N3S/c13-10(7-12-8-14-9-16-12)4-5-11-3-1-2-6-15-11/h1-3,6,8-10H,4-5,7,13H2. The molecule has 2 heterocycles. The quantitative estimate of drug-likeness (QED) is 0.859. The van der Waals surface area contributed by atoms with Gasteiger partial charge in [-0.3, -0.25) is 9.97 Å². The van der Waals surface area contributed by atoms with E-state index >= 15 is 0 Å². The van der Waals surface area contributed by atoms with Crippen molar-refractivity contribution in [1.29, 1.82) is 0 Å². The van der Waals surface area contributed by atoms with E-state index in [0.29, 0.717) is 0 Å².